The summed E-state index contributed by atoms with van der Waals surface area (Å²) in [5.74, 6) is 0.954. The molecular weight excluding hydrogens is 278 g/mol. The molecule has 2 N–H and O–H groups in total. The molecule has 0 radical (unpaired) electrons. The Morgan fingerprint density at radius 1 is 1.29 bits per heavy atom. The minimum atomic E-state index is 0.00564. The third-order valence-electron chi connectivity index (χ3n) is 3.31. The first-order valence-electron chi connectivity index (χ1n) is 6.38. The van der Waals surface area contributed by atoms with E-state index >= 15 is 0 Å². The van der Waals surface area contributed by atoms with Crippen molar-refractivity contribution >= 4 is 15.9 Å². The van der Waals surface area contributed by atoms with E-state index in [-0.39, 0.29) is 6.04 Å². The summed E-state index contributed by atoms with van der Waals surface area (Å²) >= 11 is 3.48. The zero-order chi connectivity index (χ0) is 12.3. The van der Waals surface area contributed by atoms with Crippen molar-refractivity contribution in [2.45, 2.75) is 51.2 Å². The standard InChI is InChI=1S/C14H20BrNO/c1-10(16)13-9-11(15)7-8-14(13)17-12-5-3-2-4-6-12/h7-10,12H,2-6,16H2,1H3/t10-/m1/s1. The lowest BCUT2D eigenvalue weighted by Gasteiger charge is -2.25. The van der Waals surface area contributed by atoms with Crippen LogP contribution in [-0.4, -0.2) is 6.10 Å². The minimum Gasteiger partial charge on any atom is -0.490 e. The number of halogens is 1. The molecule has 0 unspecified atom stereocenters. The largest absolute Gasteiger partial charge is 0.490 e. The van der Waals surface area contributed by atoms with Crippen LogP contribution in [0.25, 0.3) is 0 Å². The fourth-order valence-corrected chi connectivity index (χ4v) is 2.72. The molecule has 1 aliphatic carbocycles. The Labute approximate surface area is 112 Å². The summed E-state index contributed by atoms with van der Waals surface area (Å²) in [5, 5.41) is 0. The van der Waals surface area contributed by atoms with Crippen molar-refractivity contribution in [2.24, 2.45) is 5.73 Å². The van der Waals surface area contributed by atoms with Crippen LogP contribution in [0.1, 0.15) is 50.6 Å². The van der Waals surface area contributed by atoms with Crippen molar-refractivity contribution in [3.63, 3.8) is 0 Å². The van der Waals surface area contributed by atoms with Crippen LogP contribution in [-0.2, 0) is 0 Å². The Morgan fingerprint density at radius 2 is 2.00 bits per heavy atom. The van der Waals surface area contributed by atoms with Gasteiger partial charge in [-0.05, 0) is 50.8 Å². The lowest BCUT2D eigenvalue weighted by molar-refractivity contribution is 0.153. The van der Waals surface area contributed by atoms with Gasteiger partial charge in [-0.2, -0.15) is 0 Å². The molecule has 1 fully saturated rings. The number of benzene rings is 1. The number of hydrogen-bond donors (Lipinski definition) is 1. The normalized spacial score (nSPS) is 19.0. The molecule has 3 heteroatoms. The predicted octanol–water partition coefficient (Wildman–Crippen LogP) is 4.18. The molecule has 1 aromatic rings. The fraction of sp³-hybridized carbons (Fsp3) is 0.571. The van der Waals surface area contributed by atoms with E-state index in [1.54, 1.807) is 0 Å². The van der Waals surface area contributed by atoms with E-state index in [0.29, 0.717) is 6.10 Å². The van der Waals surface area contributed by atoms with E-state index in [1.807, 2.05) is 19.1 Å². The van der Waals surface area contributed by atoms with Crippen molar-refractivity contribution < 1.29 is 4.74 Å². The highest BCUT2D eigenvalue weighted by molar-refractivity contribution is 9.10. The van der Waals surface area contributed by atoms with Gasteiger partial charge in [0.25, 0.3) is 0 Å². The summed E-state index contributed by atoms with van der Waals surface area (Å²) in [6, 6.07) is 6.11. The minimum absolute atomic E-state index is 0.00564. The molecule has 0 heterocycles. The van der Waals surface area contributed by atoms with E-state index in [1.165, 1.54) is 32.1 Å². The topological polar surface area (TPSA) is 35.2 Å². The van der Waals surface area contributed by atoms with Crippen LogP contribution in [0.5, 0.6) is 5.75 Å². The van der Waals surface area contributed by atoms with Gasteiger partial charge in [-0.1, -0.05) is 22.4 Å². The van der Waals surface area contributed by atoms with Gasteiger partial charge in [0.15, 0.2) is 0 Å². The molecule has 1 aliphatic rings. The maximum Gasteiger partial charge on any atom is 0.124 e. The van der Waals surface area contributed by atoms with Gasteiger partial charge in [0, 0.05) is 16.1 Å². The fourth-order valence-electron chi connectivity index (χ4n) is 2.35. The molecule has 0 aromatic heterocycles. The molecule has 0 aliphatic heterocycles. The molecular formula is C14H20BrNO. The molecule has 17 heavy (non-hydrogen) atoms. The quantitative estimate of drug-likeness (QED) is 0.908. The Bertz CT molecular complexity index is 372. The number of nitrogens with two attached hydrogens (primary N) is 1. The monoisotopic (exact) mass is 297 g/mol. The lowest BCUT2D eigenvalue weighted by atomic mass is 9.97. The summed E-state index contributed by atoms with van der Waals surface area (Å²) in [7, 11) is 0. The van der Waals surface area contributed by atoms with Crippen LogP contribution in [0.15, 0.2) is 22.7 Å². The molecule has 0 saturated heterocycles. The van der Waals surface area contributed by atoms with Gasteiger partial charge in [-0.15, -0.1) is 0 Å². The van der Waals surface area contributed by atoms with Crippen molar-refractivity contribution in [1.82, 2.24) is 0 Å². The van der Waals surface area contributed by atoms with Crippen LogP contribution in [0.2, 0.25) is 0 Å². The highest BCUT2D eigenvalue weighted by Crippen LogP contribution is 2.30. The van der Waals surface area contributed by atoms with Crippen molar-refractivity contribution in [1.29, 1.82) is 0 Å². The maximum atomic E-state index is 6.10. The number of hydrogen-bond acceptors (Lipinski definition) is 2. The van der Waals surface area contributed by atoms with Gasteiger partial charge < -0.3 is 10.5 Å². The first-order valence-corrected chi connectivity index (χ1v) is 7.18. The average molecular weight is 298 g/mol. The van der Waals surface area contributed by atoms with E-state index in [4.69, 9.17) is 10.5 Å². The highest BCUT2D eigenvalue weighted by Gasteiger charge is 2.17. The Morgan fingerprint density at radius 3 is 2.65 bits per heavy atom. The molecule has 94 valence electrons. The van der Waals surface area contributed by atoms with Crippen LogP contribution in [0, 0.1) is 0 Å². The van der Waals surface area contributed by atoms with E-state index in [9.17, 15) is 0 Å². The second-order valence-electron chi connectivity index (χ2n) is 4.85. The smallest absolute Gasteiger partial charge is 0.124 e. The Hall–Kier alpha value is -0.540. The van der Waals surface area contributed by atoms with Gasteiger partial charge in [0.1, 0.15) is 5.75 Å². The van der Waals surface area contributed by atoms with Crippen molar-refractivity contribution in [2.75, 3.05) is 0 Å². The highest BCUT2D eigenvalue weighted by atomic mass is 79.9. The summed E-state index contributed by atoms with van der Waals surface area (Å²) in [4.78, 5) is 0. The van der Waals surface area contributed by atoms with Crippen molar-refractivity contribution in [3.05, 3.63) is 28.2 Å². The van der Waals surface area contributed by atoms with E-state index in [2.05, 4.69) is 22.0 Å². The van der Waals surface area contributed by atoms with Gasteiger partial charge in [0.05, 0.1) is 6.10 Å². The number of rotatable bonds is 3. The molecule has 2 nitrogen and oxygen atoms in total. The zero-order valence-electron chi connectivity index (χ0n) is 10.3. The van der Waals surface area contributed by atoms with E-state index in [0.717, 1.165) is 15.8 Å². The Kier molecular flexibility index (Phi) is 4.46. The summed E-state index contributed by atoms with van der Waals surface area (Å²) in [5.41, 5.74) is 7.08. The van der Waals surface area contributed by atoms with Gasteiger partial charge >= 0.3 is 0 Å². The van der Waals surface area contributed by atoms with Crippen LogP contribution < -0.4 is 10.5 Å². The molecule has 1 saturated carbocycles. The average Bonchev–Trinajstić information content (AvgIpc) is 2.32. The molecule has 0 spiro atoms. The zero-order valence-corrected chi connectivity index (χ0v) is 11.9. The third-order valence-corrected chi connectivity index (χ3v) is 3.80. The third kappa shape index (κ3) is 3.46. The summed E-state index contributed by atoms with van der Waals surface area (Å²) in [6.07, 6.45) is 6.65. The first kappa shape index (κ1) is 12.9. The second-order valence-corrected chi connectivity index (χ2v) is 5.76. The molecule has 2 rings (SSSR count). The molecule has 1 aromatic carbocycles. The summed E-state index contributed by atoms with van der Waals surface area (Å²) in [6.45, 7) is 2.00. The number of ether oxygens (including phenoxy) is 1. The second kappa shape index (κ2) is 5.87. The summed E-state index contributed by atoms with van der Waals surface area (Å²) < 4.78 is 7.16. The Balaban J connectivity index is 2.13. The van der Waals surface area contributed by atoms with Crippen LogP contribution in [0.3, 0.4) is 0 Å². The predicted molar refractivity (Wildman–Crippen MR) is 74.2 cm³/mol. The van der Waals surface area contributed by atoms with Crippen LogP contribution in [0.4, 0.5) is 0 Å². The van der Waals surface area contributed by atoms with Crippen LogP contribution >= 0.6 is 15.9 Å². The van der Waals surface area contributed by atoms with Crippen molar-refractivity contribution in [3.8, 4) is 5.75 Å². The van der Waals surface area contributed by atoms with E-state index < -0.39 is 0 Å². The molecule has 0 amide bonds. The van der Waals surface area contributed by atoms with Gasteiger partial charge in [-0.3, -0.25) is 0 Å². The molecule has 0 bridgehead atoms. The van der Waals surface area contributed by atoms with Gasteiger partial charge in [-0.25, -0.2) is 0 Å². The first-order chi connectivity index (χ1) is 8.16. The SMILES string of the molecule is C[C@@H](N)c1cc(Br)ccc1OC1CCCCC1. The maximum absolute atomic E-state index is 6.10. The lowest BCUT2D eigenvalue weighted by Crippen LogP contribution is -2.21. The van der Waals surface area contributed by atoms with Gasteiger partial charge in [0.2, 0.25) is 0 Å². The molecule has 1 atom stereocenters.